The first kappa shape index (κ1) is 43.7. The molecule has 1 saturated carbocycles. The molecule has 4 rings (SSSR count). The average Bonchev–Trinajstić information content (AvgIpc) is 3.00. The van der Waals surface area contributed by atoms with Crippen molar-refractivity contribution in [2.24, 2.45) is 5.92 Å². The third-order valence-corrected chi connectivity index (χ3v) is 8.11. The van der Waals surface area contributed by atoms with Crippen LogP contribution in [0.15, 0.2) is 54.6 Å². The van der Waals surface area contributed by atoms with Gasteiger partial charge in [-0.2, -0.15) is 0 Å². The largest absolute Gasteiger partial charge is 0.299 e. The molecule has 0 saturated heterocycles. The number of carbonyl (C=O) groups is 1. The summed E-state index contributed by atoms with van der Waals surface area (Å²) >= 11 is 0. The molecule has 0 radical (unpaired) electrons. The monoisotopic (exact) mass is 605 g/mol. The number of benzene rings is 2. The smallest absolute Gasteiger partial charge is 0.137 e. The van der Waals surface area contributed by atoms with Crippen LogP contribution in [0.1, 0.15) is 165 Å². The Bertz CT molecular complexity index is 1060. The van der Waals surface area contributed by atoms with E-state index in [-0.39, 0.29) is 11.7 Å². The van der Waals surface area contributed by atoms with E-state index in [2.05, 4.69) is 85.0 Å². The van der Waals surface area contributed by atoms with Gasteiger partial charge in [-0.05, 0) is 134 Å². The van der Waals surface area contributed by atoms with E-state index in [0.717, 1.165) is 18.8 Å². The van der Waals surface area contributed by atoms with Gasteiger partial charge >= 0.3 is 0 Å². The highest BCUT2D eigenvalue weighted by Gasteiger charge is 2.16. The molecule has 0 N–H and O–H groups in total. The van der Waals surface area contributed by atoms with Gasteiger partial charge in [0.2, 0.25) is 0 Å². The average molecular weight is 605 g/mol. The Hall–Kier alpha value is -2.41. The van der Waals surface area contributed by atoms with Crippen molar-refractivity contribution in [3.63, 3.8) is 0 Å². The molecule has 2 aromatic carbocycles. The third-order valence-electron chi connectivity index (χ3n) is 8.11. The predicted molar refractivity (Wildman–Crippen MR) is 201 cm³/mol. The minimum Gasteiger partial charge on any atom is -0.299 e. The van der Waals surface area contributed by atoms with Crippen LogP contribution in [0, 0.1) is 33.6 Å². The zero-order valence-corrected chi connectivity index (χ0v) is 31.6. The number of rotatable bonds is 5. The summed E-state index contributed by atoms with van der Waals surface area (Å²) in [5.41, 5.74) is 12.5. The first-order chi connectivity index (χ1) is 20.9. The van der Waals surface area contributed by atoms with E-state index in [9.17, 15) is 4.79 Å². The summed E-state index contributed by atoms with van der Waals surface area (Å²) in [5.74, 6) is 1.23. The van der Waals surface area contributed by atoms with E-state index < -0.39 is 0 Å². The second-order valence-electron chi connectivity index (χ2n) is 12.6. The second-order valence-corrected chi connectivity index (χ2v) is 12.6. The molecule has 2 aliphatic rings. The molecule has 44 heavy (non-hydrogen) atoms. The molecule has 250 valence electrons. The lowest BCUT2D eigenvalue weighted by atomic mass is 9.85. The quantitative estimate of drug-likeness (QED) is 0.310. The standard InChI is InChI=1S/C14H20O.C12H16.C9H16.C4H8.2C2H6/c1-5-6-14(12(4)15)13-8-10(2)7-11(3)9-13;1-9-7-8-11-5-3-4-6-12(11)10(9)2;1-8(2)9-6-4-3-5-7-9;1-4(2)3;2*1-2/h7-9,14H,5-6H2,1-4H3;7-8H,3-6H2,1-2H3;9H,1,3-7H2,2H3;1H2,2-3H3;2*1-2H3/t14-;;;;;/m1...../s1. The minimum absolute atomic E-state index is 0.0913. The molecule has 0 amide bonds. The molecule has 0 aliphatic heterocycles. The van der Waals surface area contributed by atoms with E-state index in [0.29, 0.717) is 0 Å². The van der Waals surface area contributed by atoms with Crippen LogP contribution >= 0.6 is 0 Å². The van der Waals surface area contributed by atoms with E-state index >= 15 is 0 Å². The fourth-order valence-electron chi connectivity index (χ4n) is 5.83. The highest BCUT2D eigenvalue weighted by molar-refractivity contribution is 5.83. The number of Topliss-reactive ketones (excluding diaryl/α,β-unsaturated/α-hetero) is 1. The fraction of sp³-hybridized carbons (Fsp3) is 0.605. The lowest BCUT2D eigenvalue weighted by molar-refractivity contribution is -0.118. The molecule has 2 aliphatic carbocycles. The van der Waals surface area contributed by atoms with Gasteiger partial charge in [-0.25, -0.2) is 0 Å². The van der Waals surface area contributed by atoms with Gasteiger partial charge in [0.15, 0.2) is 0 Å². The summed E-state index contributed by atoms with van der Waals surface area (Å²) in [7, 11) is 0. The maximum Gasteiger partial charge on any atom is 0.137 e. The molecule has 0 aromatic heterocycles. The minimum atomic E-state index is 0.0913. The van der Waals surface area contributed by atoms with Crippen LogP contribution < -0.4 is 0 Å². The number of fused-ring (bicyclic) bond motifs is 1. The Morgan fingerprint density at radius 2 is 1.27 bits per heavy atom. The number of allylic oxidation sites excluding steroid dienone is 2. The van der Waals surface area contributed by atoms with E-state index in [1.54, 1.807) is 18.1 Å². The molecule has 0 spiro atoms. The first-order valence-corrected chi connectivity index (χ1v) is 17.8. The number of hydrogen-bond acceptors (Lipinski definition) is 1. The molecule has 2 aromatic rings. The number of carbonyl (C=O) groups excluding carboxylic acids is 1. The number of ketones is 1. The van der Waals surface area contributed by atoms with Crippen LogP contribution in [-0.2, 0) is 17.6 Å². The van der Waals surface area contributed by atoms with Crippen molar-refractivity contribution in [2.75, 3.05) is 0 Å². The Balaban J connectivity index is 0. The molecular formula is C43H72O. The zero-order chi connectivity index (χ0) is 34.2. The van der Waals surface area contributed by atoms with Crippen molar-refractivity contribution in [1.82, 2.24) is 0 Å². The molecule has 1 fully saturated rings. The molecule has 1 heteroatoms. The number of hydrogen-bond donors (Lipinski definition) is 0. The Labute approximate surface area is 276 Å². The Kier molecular flexibility index (Phi) is 25.7. The van der Waals surface area contributed by atoms with Gasteiger partial charge in [-0.15, -0.1) is 6.58 Å². The summed E-state index contributed by atoms with van der Waals surface area (Å²) in [6, 6.07) is 11.0. The van der Waals surface area contributed by atoms with Crippen LogP contribution in [0.5, 0.6) is 0 Å². The lowest BCUT2D eigenvalue weighted by Gasteiger charge is -2.21. The fourth-order valence-corrected chi connectivity index (χ4v) is 5.83. The van der Waals surface area contributed by atoms with E-state index in [4.69, 9.17) is 0 Å². The van der Waals surface area contributed by atoms with Crippen molar-refractivity contribution in [2.45, 2.75) is 167 Å². The lowest BCUT2D eigenvalue weighted by Crippen LogP contribution is -2.09. The van der Waals surface area contributed by atoms with Crippen molar-refractivity contribution in [1.29, 1.82) is 0 Å². The molecule has 1 nitrogen and oxygen atoms in total. The van der Waals surface area contributed by atoms with E-state index in [1.807, 2.05) is 41.5 Å². The molecule has 0 unspecified atom stereocenters. The van der Waals surface area contributed by atoms with Gasteiger partial charge in [-0.1, -0.05) is 119 Å². The molecule has 0 heterocycles. The first-order valence-electron chi connectivity index (χ1n) is 17.8. The van der Waals surface area contributed by atoms with Gasteiger partial charge in [0.05, 0.1) is 0 Å². The van der Waals surface area contributed by atoms with Crippen LogP contribution in [0.3, 0.4) is 0 Å². The van der Waals surface area contributed by atoms with Crippen molar-refractivity contribution < 1.29 is 4.79 Å². The van der Waals surface area contributed by atoms with Crippen LogP contribution in [0.2, 0.25) is 0 Å². The van der Waals surface area contributed by atoms with Crippen LogP contribution in [-0.4, -0.2) is 5.78 Å². The summed E-state index contributed by atoms with van der Waals surface area (Å²) in [5, 5.41) is 0. The molecule has 0 bridgehead atoms. The van der Waals surface area contributed by atoms with Gasteiger partial charge in [0.1, 0.15) is 5.78 Å². The maximum atomic E-state index is 11.6. The van der Waals surface area contributed by atoms with Crippen molar-refractivity contribution in [3.8, 4) is 0 Å². The zero-order valence-electron chi connectivity index (χ0n) is 31.6. The highest BCUT2D eigenvalue weighted by Crippen LogP contribution is 2.28. The van der Waals surface area contributed by atoms with Crippen LogP contribution in [0.4, 0.5) is 0 Å². The van der Waals surface area contributed by atoms with Gasteiger partial charge in [-0.3, -0.25) is 4.79 Å². The van der Waals surface area contributed by atoms with E-state index in [1.165, 1.54) is 96.8 Å². The van der Waals surface area contributed by atoms with Gasteiger partial charge in [0, 0.05) is 5.92 Å². The van der Waals surface area contributed by atoms with Crippen molar-refractivity contribution in [3.05, 3.63) is 93.6 Å². The third kappa shape index (κ3) is 18.4. The summed E-state index contributed by atoms with van der Waals surface area (Å²) < 4.78 is 0. The summed E-state index contributed by atoms with van der Waals surface area (Å²) in [4.78, 5) is 11.6. The number of aryl methyl sites for hydroxylation is 4. The summed E-state index contributed by atoms with van der Waals surface area (Å²) in [6.07, 6.45) is 14.5. The van der Waals surface area contributed by atoms with Gasteiger partial charge < -0.3 is 0 Å². The SMILES string of the molecule is C=C(C)C.C=C(C)C1CCCCC1.CC.CC.CCC[C@H](C(C)=O)c1cc(C)cc(C)c1.Cc1ccc2c(c1C)CCCC2. The second kappa shape index (κ2) is 25.9. The predicted octanol–water partition coefficient (Wildman–Crippen LogP) is 13.7. The van der Waals surface area contributed by atoms with Crippen molar-refractivity contribution >= 4 is 5.78 Å². The maximum absolute atomic E-state index is 11.6. The molecular weight excluding hydrogens is 532 g/mol. The summed E-state index contributed by atoms with van der Waals surface area (Å²) in [6.45, 7) is 34.1. The Morgan fingerprint density at radius 1 is 0.773 bits per heavy atom. The van der Waals surface area contributed by atoms with Crippen LogP contribution in [0.25, 0.3) is 0 Å². The van der Waals surface area contributed by atoms with Gasteiger partial charge in [0.25, 0.3) is 0 Å². The normalized spacial score (nSPS) is 13.9. The Morgan fingerprint density at radius 3 is 1.70 bits per heavy atom. The topological polar surface area (TPSA) is 17.1 Å². The highest BCUT2D eigenvalue weighted by atomic mass is 16.1. The molecule has 1 atom stereocenters.